The highest BCUT2D eigenvalue weighted by atomic mass is 16.2. The fourth-order valence-corrected chi connectivity index (χ4v) is 3.61. The van der Waals surface area contributed by atoms with E-state index in [2.05, 4.69) is 49.8 Å². The van der Waals surface area contributed by atoms with Gasteiger partial charge in [0, 0.05) is 12.6 Å². The van der Waals surface area contributed by atoms with Crippen molar-refractivity contribution in [2.24, 2.45) is 7.05 Å². The van der Waals surface area contributed by atoms with Crippen LogP contribution in [0.3, 0.4) is 0 Å². The third-order valence-corrected chi connectivity index (χ3v) is 5.52. The summed E-state index contributed by atoms with van der Waals surface area (Å²) in [6.07, 6.45) is 1.51. The summed E-state index contributed by atoms with van der Waals surface area (Å²) in [6.45, 7) is 14.6. The van der Waals surface area contributed by atoms with Crippen molar-refractivity contribution >= 4 is 5.91 Å². The van der Waals surface area contributed by atoms with Crippen molar-refractivity contribution < 1.29 is 4.79 Å². The van der Waals surface area contributed by atoms with E-state index >= 15 is 0 Å². The number of aryl methyl sites for hydroxylation is 2. The van der Waals surface area contributed by atoms with Gasteiger partial charge in [-0.1, -0.05) is 0 Å². The summed E-state index contributed by atoms with van der Waals surface area (Å²) in [4.78, 5) is 16.9. The molecule has 1 aromatic carbocycles. The maximum Gasteiger partial charge on any atom is 0.318 e. The van der Waals surface area contributed by atoms with E-state index in [9.17, 15) is 4.79 Å². The molecule has 0 saturated carbocycles. The van der Waals surface area contributed by atoms with Crippen LogP contribution in [0.25, 0.3) is 11.1 Å². The zero-order chi connectivity index (χ0) is 19.3. The fraction of sp³-hybridized carbons (Fsp3) is 0.400. The molecular formula is C20H25N5O. The molecule has 3 aromatic rings. The van der Waals surface area contributed by atoms with Crippen molar-refractivity contribution in [2.75, 3.05) is 0 Å². The average Bonchev–Trinajstić information content (AvgIpc) is 3.16. The van der Waals surface area contributed by atoms with Gasteiger partial charge in [0.05, 0.1) is 11.4 Å². The molecule has 0 bridgehead atoms. The SMILES string of the molecule is Cc1nn(C(=O)c2ncn(C)n2)c(C)c1-c1c(C)c(C)c(C)c(C)c1C. The Labute approximate surface area is 153 Å². The third-order valence-electron chi connectivity index (χ3n) is 5.52. The molecular weight excluding hydrogens is 326 g/mol. The van der Waals surface area contributed by atoms with Gasteiger partial charge in [0.15, 0.2) is 0 Å². The second-order valence-corrected chi connectivity index (χ2v) is 7.00. The van der Waals surface area contributed by atoms with Gasteiger partial charge in [0.1, 0.15) is 6.33 Å². The van der Waals surface area contributed by atoms with E-state index in [1.807, 2.05) is 13.8 Å². The van der Waals surface area contributed by atoms with E-state index in [0.717, 1.165) is 17.0 Å². The van der Waals surface area contributed by atoms with Crippen LogP contribution < -0.4 is 0 Å². The second kappa shape index (κ2) is 6.20. The van der Waals surface area contributed by atoms with E-state index in [-0.39, 0.29) is 11.7 Å². The first-order valence-electron chi connectivity index (χ1n) is 8.69. The van der Waals surface area contributed by atoms with Crippen molar-refractivity contribution in [3.05, 3.63) is 51.4 Å². The maximum absolute atomic E-state index is 12.8. The number of carbonyl (C=O) groups excluding carboxylic acids is 1. The van der Waals surface area contributed by atoms with Gasteiger partial charge in [-0.25, -0.2) is 4.98 Å². The van der Waals surface area contributed by atoms with Crippen LogP contribution in [0, 0.1) is 48.5 Å². The summed E-state index contributed by atoms with van der Waals surface area (Å²) in [5, 5.41) is 8.62. The summed E-state index contributed by atoms with van der Waals surface area (Å²) >= 11 is 0. The zero-order valence-electron chi connectivity index (χ0n) is 16.7. The van der Waals surface area contributed by atoms with Gasteiger partial charge in [0.2, 0.25) is 5.82 Å². The standard InChI is InChI=1S/C20H25N5O/c1-10-11(2)13(4)17(14(5)12(10)3)18-15(6)22-25(16(18)7)20(26)19-21-9-24(8)23-19/h9H,1-8H3. The van der Waals surface area contributed by atoms with Gasteiger partial charge in [-0.3, -0.25) is 9.48 Å². The van der Waals surface area contributed by atoms with Gasteiger partial charge in [-0.05, 0) is 81.8 Å². The van der Waals surface area contributed by atoms with E-state index < -0.39 is 0 Å². The Hall–Kier alpha value is -2.76. The molecule has 0 unspecified atom stereocenters. The largest absolute Gasteiger partial charge is 0.318 e. The van der Waals surface area contributed by atoms with Gasteiger partial charge in [-0.15, -0.1) is 5.10 Å². The highest BCUT2D eigenvalue weighted by Crippen LogP contribution is 2.37. The first kappa shape index (κ1) is 18.0. The Morgan fingerprint density at radius 2 is 1.35 bits per heavy atom. The Kier molecular flexibility index (Phi) is 4.30. The lowest BCUT2D eigenvalue weighted by Gasteiger charge is -2.19. The molecule has 0 amide bonds. The predicted molar refractivity (Wildman–Crippen MR) is 102 cm³/mol. The summed E-state index contributed by atoms with van der Waals surface area (Å²) in [7, 11) is 1.74. The molecule has 0 spiro atoms. The molecule has 6 heteroatoms. The number of hydrogen-bond donors (Lipinski definition) is 0. The molecule has 3 rings (SSSR count). The van der Waals surface area contributed by atoms with Crippen molar-refractivity contribution in [2.45, 2.75) is 48.5 Å². The number of nitrogens with zero attached hydrogens (tertiary/aromatic N) is 5. The number of hydrogen-bond acceptors (Lipinski definition) is 4. The third kappa shape index (κ3) is 2.57. The van der Waals surface area contributed by atoms with Crippen LogP contribution in [0.1, 0.15) is 49.8 Å². The van der Waals surface area contributed by atoms with Crippen molar-refractivity contribution in [1.82, 2.24) is 24.5 Å². The summed E-state index contributed by atoms with van der Waals surface area (Å²) in [5.41, 5.74) is 10.2. The molecule has 0 fully saturated rings. The molecule has 0 radical (unpaired) electrons. The van der Waals surface area contributed by atoms with E-state index in [1.165, 1.54) is 49.1 Å². The molecule has 26 heavy (non-hydrogen) atoms. The molecule has 0 aliphatic heterocycles. The molecule has 0 aliphatic carbocycles. The summed E-state index contributed by atoms with van der Waals surface area (Å²) in [6, 6.07) is 0. The lowest BCUT2D eigenvalue weighted by molar-refractivity contribution is 0.0931. The highest BCUT2D eigenvalue weighted by Gasteiger charge is 2.24. The van der Waals surface area contributed by atoms with Crippen LogP contribution in [0.4, 0.5) is 0 Å². The minimum absolute atomic E-state index is 0.148. The van der Waals surface area contributed by atoms with E-state index in [4.69, 9.17) is 0 Å². The first-order valence-corrected chi connectivity index (χ1v) is 8.69. The van der Waals surface area contributed by atoms with Gasteiger partial charge in [-0.2, -0.15) is 9.78 Å². The van der Waals surface area contributed by atoms with Crippen LogP contribution in [-0.2, 0) is 7.05 Å². The zero-order valence-corrected chi connectivity index (χ0v) is 16.7. The smallest absolute Gasteiger partial charge is 0.263 e. The average molecular weight is 351 g/mol. The monoisotopic (exact) mass is 351 g/mol. The Morgan fingerprint density at radius 1 is 0.808 bits per heavy atom. The van der Waals surface area contributed by atoms with E-state index in [1.54, 1.807) is 7.05 Å². The Bertz CT molecular complexity index is 1010. The lowest BCUT2D eigenvalue weighted by atomic mass is 9.85. The van der Waals surface area contributed by atoms with Crippen molar-refractivity contribution in [3.8, 4) is 11.1 Å². The Balaban J connectivity index is 2.24. The van der Waals surface area contributed by atoms with Crippen LogP contribution >= 0.6 is 0 Å². The Morgan fingerprint density at radius 3 is 1.85 bits per heavy atom. The fourth-order valence-electron chi connectivity index (χ4n) is 3.61. The topological polar surface area (TPSA) is 65.6 Å². The molecule has 0 N–H and O–H groups in total. The van der Waals surface area contributed by atoms with Crippen LogP contribution in [0.15, 0.2) is 6.33 Å². The molecule has 136 valence electrons. The van der Waals surface area contributed by atoms with Gasteiger partial charge < -0.3 is 0 Å². The van der Waals surface area contributed by atoms with Crippen molar-refractivity contribution in [3.63, 3.8) is 0 Å². The minimum atomic E-state index is -0.312. The number of rotatable bonds is 2. The highest BCUT2D eigenvalue weighted by molar-refractivity contribution is 5.93. The summed E-state index contributed by atoms with van der Waals surface area (Å²) in [5.74, 6) is -0.164. The number of aromatic nitrogens is 5. The second-order valence-electron chi connectivity index (χ2n) is 7.00. The van der Waals surface area contributed by atoms with Crippen LogP contribution in [0.2, 0.25) is 0 Å². The molecule has 6 nitrogen and oxygen atoms in total. The summed E-state index contributed by atoms with van der Waals surface area (Å²) < 4.78 is 2.93. The van der Waals surface area contributed by atoms with Crippen LogP contribution in [0.5, 0.6) is 0 Å². The molecule has 0 atom stereocenters. The number of benzene rings is 1. The molecule has 0 aliphatic rings. The number of carbonyl (C=O) groups is 1. The maximum atomic E-state index is 12.8. The molecule has 2 heterocycles. The molecule has 0 saturated heterocycles. The minimum Gasteiger partial charge on any atom is -0.263 e. The van der Waals surface area contributed by atoms with E-state index in [0.29, 0.717) is 0 Å². The predicted octanol–water partition coefficient (Wildman–Crippen LogP) is 3.53. The molecule has 2 aromatic heterocycles. The van der Waals surface area contributed by atoms with Gasteiger partial charge >= 0.3 is 5.91 Å². The first-order chi connectivity index (χ1) is 12.1. The quantitative estimate of drug-likeness (QED) is 0.708. The van der Waals surface area contributed by atoms with Crippen LogP contribution in [-0.4, -0.2) is 30.5 Å². The van der Waals surface area contributed by atoms with Gasteiger partial charge in [0.25, 0.3) is 0 Å². The van der Waals surface area contributed by atoms with Crippen molar-refractivity contribution in [1.29, 1.82) is 0 Å². The normalized spacial score (nSPS) is 11.2. The lowest BCUT2D eigenvalue weighted by Crippen LogP contribution is -2.17.